The van der Waals surface area contributed by atoms with E-state index in [1.54, 1.807) is 6.92 Å². The number of hydrogen-bond donors (Lipinski definition) is 0. The molecule has 0 spiro atoms. The van der Waals surface area contributed by atoms with E-state index in [0.717, 1.165) is 18.2 Å². The minimum Gasteiger partial charge on any atom is -0.299 e. The molecule has 0 aromatic rings. The second-order valence-electron chi connectivity index (χ2n) is 4.17. The van der Waals surface area contributed by atoms with Crippen molar-refractivity contribution in [3.8, 4) is 0 Å². The van der Waals surface area contributed by atoms with E-state index >= 15 is 0 Å². The number of unbranched alkanes of at least 4 members (excludes halogenated alkanes) is 5. The number of ketones is 2. The van der Waals surface area contributed by atoms with E-state index in [1.165, 1.54) is 25.7 Å². The molecule has 3 heteroatoms. The quantitative estimate of drug-likeness (QED) is 0.327. The third-order valence-corrected chi connectivity index (χ3v) is 3.19. The zero-order valence-corrected chi connectivity index (χ0v) is 11.9. The summed E-state index contributed by atoms with van der Waals surface area (Å²) in [6.45, 7) is 1.81. The average Bonchev–Trinajstić information content (AvgIpc) is 2.27. The maximum atomic E-state index is 11.3. The molecule has 0 atom stereocenters. The Bertz CT molecular complexity index is 202. The Morgan fingerprint density at radius 1 is 0.875 bits per heavy atom. The summed E-state index contributed by atoms with van der Waals surface area (Å²) in [7, 11) is 0. The van der Waals surface area contributed by atoms with Crippen molar-refractivity contribution in [3.05, 3.63) is 0 Å². The van der Waals surface area contributed by atoms with Gasteiger partial charge in [-0.3, -0.25) is 9.59 Å². The van der Waals surface area contributed by atoms with Crippen molar-refractivity contribution in [2.45, 2.75) is 64.7 Å². The summed E-state index contributed by atoms with van der Waals surface area (Å²) in [5, 5.41) is 1.09. The van der Waals surface area contributed by atoms with Crippen LogP contribution in [0.25, 0.3) is 0 Å². The second-order valence-corrected chi connectivity index (χ2v) is 4.96. The van der Waals surface area contributed by atoms with E-state index in [1.807, 2.05) is 0 Å². The van der Waals surface area contributed by atoms with Crippen LogP contribution in [0.15, 0.2) is 0 Å². The van der Waals surface area contributed by atoms with Gasteiger partial charge >= 0.3 is 0 Å². The first-order chi connectivity index (χ1) is 7.70. The number of hydrogen-bond acceptors (Lipinski definition) is 2. The molecule has 2 nitrogen and oxygen atoms in total. The predicted octanol–water partition coefficient (Wildman–Crippen LogP) is 4.05. The summed E-state index contributed by atoms with van der Waals surface area (Å²) in [4.78, 5) is 22.3. The van der Waals surface area contributed by atoms with E-state index < -0.39 is 0 Å². The monoisotopic (exact) mass is 290 g/mol. The van der Waals surface area contributed by atoms with Crippen molar-refractivity contribution < 1.29 is 9.59 Å². The summed E-state index contributed by atoms with van der Waals surface area (Å²) in [6, 6.07) is 0. The summed E-state index contributed by atoms with van der Waals surface area (Å²) in [5.74, 6) is 0.189. The molecule has 16 heavy (non-hydrogen) atoms. The number of carbonyl (C=O) groups is 2. The molecule has 0 aromatic carbocycles. The van der Waals surface area contributed by atoms with Crippen molar-refractivity contribution in [1.29, 1.82) is 0 Å². The Labute approximate surface area is 107 Å². The lowest BCUT2D eigenvalue weighted by atomic mass is 10.0. The maximum absolute atomic E-state index is 11.3. The van der Waals surface area contributed by atoms with Gasteiger partial charge in [0.15, 0.2) is 0 Å². The van der Waals surface area contributed by atoms with E-state index in [-0.39, 0.29) is 18.0 Å². The first kappa shape index (κ1) is 15.8. The minimum atomic E-state index is 0.0716. The van der Waals surface area contributed by atoms with Crippen molar-refractivity contribution in [1.82, 2.24) is 0 Å². The standard InChI is InChI=1S/C13H23BrO2/c1-2-12(15)11-13(16)9-7-5-3-4-6-8-10-14/h2-11H2,1H3. The molecular formula is C13H23BrO2. The number of Topliss-reactive ketones (excluding diaryl/α,β-unsaturated/α-hetero) is 2. The lowest BCUT2D eigenvalue weighted by Gasteiger charge is -2.00. The van der Waals surface area contributed by atoms with Crippen LogP contribution < -0.4 is 0 Å². The molecule has 0 amide bonds. The Hall–Kier alpha value is -0.180. The van der Waals surface area contributed by atoms with E-state index in [9.17, 15) is 9.59 Å². The molecule has 0 rings (SSSR count). The van der Waals surface area contributed by atoms with Gasteiger partial charge < -0.3 is 0 Å². The van der Waals surface area contributed by atoms with Gasteiger partial charge in [-0.05, 0) is 12.8 Å². The van der Waals surface area contributed by atoms with Crippen LogP contribution in [0.1, 0.15) is 64.7 Å². The maximum Gasteiger partial charge on any atom is 0.140 e. The Morgan fingerprint density at radius 2 is 1.44 bits per heavy atom. The number of alkyl halides is 1. The Kier molecular flexibility index (Phi) is 11.2. The van der Waals surface area contributed by atoms with Gasteiger partial charge in [-0.15, -0.1) is 0 Å². The minimum absolute atomic E-state index is 0.0716. The number of rotatable bonds is 11. The molecule has 0 unspecified atom stereocenters. The predicted molar refractivity (Wildman–Crippen MR) is 71.0 cm³/mol. The van der Waals surface area contributed by atoms with Crippen molar-refractivity contribution in [2.24, 2.45) is 0 Å². The molecule has 0 fully saturated rings. The van der Waals surface area contributed by atoms with Crippen molar-refractivity contribution in [3.63, 3.8) is 0 Å². The molecule has 0 saturated carbocycles. The molecule has 0 aliphatic rings. The molecule has 0 aliphatic carbocycles. The molecule has 0 aliphatic heterocycles. The summed E-state index contributed by atoms with van der Waals surface area (Å²) >= 11 is 3.40. The molecular weight excluding hydrogens is 268 g/mol. The van der Waals surface area contributed by atoms with Gasteiger partial charge in [0.1, 0.15) is 11.6 Å². The SMILES string of the molecule is CCC(=O)CC(=O)CCCCCCCCBr. The smallest absolute Gasteiger partial charge is 0.140 e. The van der Waals surface area contributed by atoms with Gasteiger partial charge in [-0.25, -0.2) is 0 Å². The van der Waals surface area contributed by atoms with Crippen LogP contribution in [0.2, 0.25) is 0 Å². The first-order valence-electron chi connectivity index (χ1n) is 6.30. The molecule has 0 heterocycles. The summed E-state index contributed by atoms with van der Waals surface area (Å²) < 4.78 is 0. The van der Waals surface area contributed by atoms with Crippen LogP contribution in [0.3, 0.4) is 0 Å². The largest absolute Gasteiger partial charge is 0.299 e. The third-order valence-electron chi connectivity index (χ3n) is 2.63. The van der Waals surface area contributed by atoms with Crippen LogP contribution in [-0.2, 0) is 9.59 Å². The van der Waals surface area contributed by atoms with E-state index in [4.69, 9.17) is 0 Å². The first-order valence-corrected chi connectivity index (χ1v) is 7.42. The second kappa shape index (κ2) is 11.3. The average molecular weight is 291 g/mol. The van der Waals surface area contributed by atoms with Gasteiger partial charge in [0.25, 0.3) is 0 Å². The highest BCUT2D eigenvalue weighted by molar-refractivity contribution is 9.09. The Balaban J connectivity index is 3.24. The normalized spacial score (nSPS) is 10.4. The molecule has 0 aromatic heterocycles. The summed E-state index contributed by atoms with van der Waals surface area (Å²) in [6.07, 6.45) is 8.27. The van der Waals surface area contributed by atoms with Crippen LogP contribution in [0.4, 0.5) is 0 Å². The van der Waals surface area contributed by atoms with Gasteiger partial charge in [-0.2, -0.15) is 0 Å². The van der Waals surface area contributed by atoms with Crippen molar-refractivity contribution >= 4 is 27.5 Å². The molecule has 0 N–H and O–H groups in total. The van der Waals surface area contributed by atoms with Gasteiger partial charge in [-0.1, -0.05) is 48.5 Å². The molecule has 94 valence electrons. The lowest BCUT2D eigenvalue weighted by Crippen LogP contribution is -2.06. The highest BCUT2D eigenvalue weighted by Crippen LogP contribution is 2.09. The fraction of sp³-hybridized carbons (Fsp3) is 0.846. The van der Waals surface area contributed by atoms with Crippen LogP contribution in [-0.4, -0.2) is 16.9 Å². The van der Waals surface area contributed by atoms with E-state index in [2.05, 4.69) is 15.9 Å². The number of halogens is 1. The molecule has 0 saturated heterocycles. The lowest BCUT2D eigenvalue weighted by molar-refractivity contribution is -0.126. The third kappa shape index (κ3) is 10.3. The van der Waals surface area contributed by atoms with E-state index in [0.29, 0.717) is 12.8 Å². The fourth-order valence-electron chi connectivity index (χ4n) is 1.56. The van der Waals surface area contributed by atoms with Crippen LogP contribution in [0.5, 0.6) is 0 Å². The van der Waals surface area contributed by atoms with Gasteiger partial charge in [0, 0.05) is 18.2 Å². The Morgan fingerprint density at radius 3 is 2.00 bits per heavy atom. The zero-order valence-electron chi connectivity index (χ0n) is 10.3. The summed E-state index contributed by atoms with van der Waals surface area (Å²) in [5.41, 5.74) is 0. The highest BCUT2D eigenvalue weighted by Gasteiger charge is 2.06. The fourth-order valence-corrected chi connectivity index (χ4v) is 1.95. The zero-order chi connectivity index (χ0) is 12.2. The highest BCUT2D eigenvalue weighted by atomic mass is 79.9. The molecule has 0 bridgehead atoms. The van der Waals surface area contributed by atoms with Crippen LogP contribution in [0, 0.1) is 0 Å². The topological polar surface area (TPSA) is 34.1 Å². The van der Waals surface area contributed by atoms with Crippen molar-refractivity contribution in [2.75, 3.05) is 5.33 Å². The van der Waals surface area contributed by atoms with Crippen LogP contribution >= 0.6 is 15.9 Å². The number of carbonyl (C=O) groups excluding carboxylic acids is 2. The van der Waals surface area contributed by atoms with Gasteiger partial charge in [0.05, 0.1) is 6.42 Å². The molecule has 0 radical (unpaired) electrons. The van der Waals surface area contributed by atoms with Gasteiger partial charge in [0.2, 0.25) is 0 Å².